The summed E-state index contributed by atoms with van der Waals surface area (Å²) in [7, 11) is 0. The van der Waals surface area contributed by atoms with E-state index < -0.39 is 29.4 Å². The Bertz CT molecular complexity index is 1480. The fraction of sp³-hybridized carbons (Fsp3) is 0.200. The van der Waals surface area contributed by atoms with Gasteiger partial charge < -0.3 is 9.47 Å². The quantitative estimate of drug-likeness (QED) is 0.414. The van der Waals surface area contributed by atoms with Crippen LogP contribution in [0, 0.1) is 5.82 Å². The van der Waals surface area contributed by atoms with Gasteiger partial charge in [-0.2, -0.15) is 0 Å². The van der Waals surface area contributed by atoms with Gasteiger partial charge in [-0.05, 0) is 43.7 Å². The van der Waals surface area contributed by atoms with Gasteiger partial charge >= 0.3 is 11.9 Å². The van der Waals surface area contributed by atoms with Crippen molar-refractivity contribution in [1.82, 2.24) is 4.57 Å². The number of aromatic nitrogens is 1. The first-order valence-electron chi connectivity index (χ1n) is 10.5. The standard InChI is InChI=1S/C25H21FN2O5S/c1-4-32-24(31)21-14(2)27-25-28(22(21)16-9-11-18(12-10-16)33-15(3)29)23(30)20(34-25)13-17-7-5-6-8-19(17)26/h5-13,22H,4H2,1-3H3/b20-13+/t22-/m1/s1. The molecule has 2 heterocycles. The van der Waals surface area contributed by atoms with E-state index >= 15 is 0 Å². The lowest BCUT2D eigenvalue weighted by atomic mass is 9.96. The van der Waals surface area contributed by atoms with Crippen molar-refractivity contribution < 1.29 is 23.5 Å². The number of hydrogen-bond acceptors (Lipinski definition) is 7. The van der Waals surface area contributed by atoms with E-state index in [2.05, 4.69) is 4.99 Å². The molecule has 0 saturated carbocycles. The van der Waals surface area contributed by atoms with Gasteiger partial charge in [-0.25, -0.2) is 14.2 Å². The third-order valence-corrected chi connectivity index (χ3v) is 6.15. The van der Waals surface area contributed by atoms with Gasteiger partial charge in [0.15, 0.2) is 4.80 Å². The number of thiazole rings is 1. The molecule has 1 aliphatic rings. The molecule has 0 fully saturated rings. The molecule has 4 rings (SSSR count). The van der Waals surface area contributed by atoms with E-state index in [-0.39, 0.29) is 22.3 Å². The topological polar surface area (TPSA) is 87.0 Å². The molecular formula is C25H21FN2O5S. The second kappa shape index (κ2) is 9.56. The van der Waals surface area contributed by atoms with Crippen molar-refractivity contribution in [2.24, 2.45) is 4.99 Å². The van der Waals surface area contributed by atoms with Crippen molar-refractivity contribution in [1.29, 1.82) is 0 Å². The Kier molecular flexibility index (Phi) is 6.56. The van der Waals surface area contributed by atoms with Crippen LogP contribution < -0.4 is 19.6 Å². The predicted molar refractivity (Wildman–Crippen MR) is 125 cm³/mol. The average Bonchev–Trinajstić information content (AvgIpc) is 3.09. The Balaban J connectivity index is 1.92. The molecule has 0 bridgehead atoms. The normalized spacial score (nSPS) is 15.5. The molecule has 0 spiro atoms. The number of fused-ring (bicyclic) bond motifs is 1. The van der Waals surface area contributed by atoms with E-state index in [4.69, 9.17) is 9.47 Å². The highest BCUT2D eigenvalue weighted by molar-refractivity contribution is 7.07. The molecule has 174 valence electrons. The van der Waals surface area contributed by atoms with Crippen LogP contribution in [0.4, 0.5) is 4.39 Å². The van der Waals surface area contributed by atoms with Crippen LogP contribution >= 0.6 is 11.3 Å². The van der Waals surface area contributed by atoms with Crippen LogP contribution in [0.2, 0.25) is 0 Å². The van der Waals surface area contributed by atoms with Crippen molar-refractivity contribution in [3.05, 3.63) is 96.4 Å². The zero-order valence-electron chi connectivity index (χ0n) is 18.7. The average molecular weight is 481 g/mol. The third kappa shape index (κ3) is 4.47. The summed E-state index contributed by atoms with van der Waals surface area (Å²) < 4.78 is 26.3. The molecule has 0 radical (unpaired) electrons. The van der Waals surface area contributed by atoms with E-state index in [1.165, 1.54) is 23.6 Å². The first-order valence-corrected chi connectivity index (χ1v) is 11.3. The van der Waals surface area contributed by atoms with Gasteiger partial charge in [-0.3, -0.25) is 14.2 Å². The SMILES string of the molecule is CCOC(=O)C1=C(C)N=c2s/c(=C/c3ccccc3F)c(=O)n2[C@@H]1c1ccc(OC(C)=O)cc1. The predicted octanol–water partition coefficient (Wildman–Crippen LogP) is 2.86. The summed E-state index contributed by atoms with van der Waals surface area (Å²) in [5.41, 5.74) is 1.12. The monoisotopic (exact) mass is 480 g/mol. The Labute approximate surface area is 198 Å². The second-order valence-electron chi connectivity index (χ2n) is 7.49. The van der Waals surface area contributed by atoms with Crippen LogP contribution in [-0.2, 0) is 14.3 Å². The van der Waals surface area contributed by atoms with Crippen LogP contribution in [0.25, 0.3) is 6.08 Å². The van der Waals surface area contributed by atoms with Crippen molar-refractivity contribution in [3.8, 4) is 5.75 Å². The van der Waals surface area contributed by atoms with Crippen molar-refractivity contribution in [3.63, 3.8) is 0 Å². The Morgan fingerprint density at radius 1 is 1.18 bits per heavy atom. The summed E-state index contributed by atoms with van der Waals surface area (Å²) in [4.78, 5) is 42.5. The van der Waals surface area contributed by atoms with Gasteiger partial charge in [0.1, 0.15) is 11.6 Å². The molecule has 0 unspecified atom stereocenters. The van der Waals surface area contributed by atoms with Gasteiger partial charge in [0.05, 0.1) is 28.5 Å². The highest BCUT2D eigenvalue weighted by Crippen LogP contribution is 2.31. The summed E-state index contributed by atoms with van der Waals surface area (Å²) in [5, 5.41) is 0. The number of carbonyl (C=O) groups excluding carboxylic acids is 2. The number of hydrogen-bond donors (Lipinski definition) is 0. The molecular weight excluding hydrogens is 459 g/mol. The number of nitrogens with zero attached hydrogens (tertiary/aromatic N) is 2. The molecule has 1 aromatic heterocycles. The van der Waals surface area contributed by atoms with Crippen LogP contribution in [0.1, 0.15) is 37.9 Å². The fourth-order valence-corrected chi connectivity index (χ4v) is 4.76. The Morgan fingerprint density at radius 2 is 1.88 bits per heavy atom. The van der Waals surface area contributed by atoms with Gasteiger partial charge in [0.25, 0.3) is 5.56 Å². The number of carbonyl (C=O) groups is 2. The summed E-state index contributed by atoms with van der Waals surface area (Å²) in [5.74, 6) is -1.16. The number of benzene rings is 2. The van der Waals surface area contributed by atoms with Gasteiger partial charge in [0, 0.05) is 12.5 Å². The van der Waals surface area contributed by atoms with Gasteiger partial charge in [-0.1, -0.05) is 41.7 Å². The summed E-state index contributed by atoms with van der Waals surface area (Å²) in [6, 6.07) is 11.9. The number of ether oxygens (including phenoxy) is 2. The van der Waals surface area contributed by atoms with E-state index in [9.17, 15) is 18.8 Å². The maximum atomic E-state index is 14.2. The van der Waals surface area contributed by atoms with E-state index in [0.717, 1.165) is 11.3 Å². The van der Waals surface area contributed by atoms with Crippen LogP contribution in [0.3, 0.4) is 0 Å². The highest BCUT2D eigenvalue weighted by atomic mass is 32.1. The van der Waals surface area contributed by atoms with Gasteiger partial charge in [-0.15, -0.1) is 0 Å². The zero-order valence-corrected chi connectivity index (χ0v) is 19.5. The third-order valence-electron chi connectivity index (χ3n) is 5.17. The first kappa shape index (κ1) is 23.3. The Morgan fingerprint density at radius 3 is 2.53 bits per heavy atom. The van der Waals surface area contributed by atoms with E-state index in [0.29, 0.717) is 21.8 Å². The van der Waals surface area contributed by atoms with Gasteiger partial charge in [0.2, 0.25) is 0 Å². The molecule has 1 atom stereocenters. The molecule has 0 N–H and O–H groups in total. The summed E-state index contributed by atoms with van der Waals surface area (Å²) in [6.45, 7) is 4.83. The van der Waals surface area contributed by atoms with Crippen molar-refractivity contribution >= 4 is 29.4 Å². The molecule has 2 aromatic carbocycles. The largest absolute Gasteiger partial charge is 0.463 e. The number of allylic oxidation sites excluding steroid dienone is 1. The minimum Gasteiger partial charge on any atom is -0.463 e. The molecule has 1 aliphatic heterocycles. The lowest BCUT2D eigenvalue weighted by molar-refractivity contribution is -0.139. The molecule has 3 aromatic rings. The number of esters is 2. The minimum atomic E-state index is -0.815. The maximum Gasteiger partial charge on any atom is 0.338 e. The number of rotatable bonds is 5. The second-order valence-corrected chi connectivity index (χ2v) is 8.50. The van der Waals surface area contributed by atoms with E-state index in [1.807, 2.05) is 0 Å². The molecule has 0 amide bonds. The van der Waals surface area contributed by atoms with Crippen LogP contribution in [0.15, 0.2) is 69.6 Å². The van der Waals surface area contributed by atoms with Crippen molar-refractivity contribution in [2.45, 2.75) is 26.8 Å². The summed E-state index contributed by atoms with van der Waals surface area (Å²) in [6.07, 6.45) is 1.48. The molecule has 34 heavy (non-hydrogen) atoms. The molecule has 9 heteroatoms. The fourth-order valence-electron chi connectivity index (χ4n) is 3.72. The van der Waals surface area contributed by atoms with Crippen LogP contribution in [-0.4, -0.2) is 23.1 Å². The Hall–Kier alpha value is -3.85. The maximum absolute atomic E-state index is 14.2. The van der Waals surface area contributed by atoms with Crippen molar-refractivity contribution in [2.75, 3.05) is 6.61 Å². The highest BCUT2D eigenvalue weighted by Gasteiger charge is 2.33. The number of halogens is 1. The smallest absolute Gasteiger partial charge is 0.338 e. The lowest BCUT2D eigenvalue weighted by Gasteiger charge is -2.24. The zero-order chi connectivity index (χ0) is 24.4. The summed E-state index contributed by atoms with van der Waals surface area (Å²) >= 11 is 1.11. The molecule has 0 aliphatic carbocycles. The molecule has 0 saturated heterocycles. The molecule has 7 nitrogen and oxygen atoms in total. The lowest BCUT2D eigenvalue weighted by Crippen LogP contribution is -2.39. The first-order chi connectivity index (χ1) is 16.3. The minimum absolute atomic E-state index is 0.158. The van der Waals surface area contributed by atoms with E-state index in [1.54, 1.807) is 56.3 Å². The van der Waals surface area contributed by atoms with Crippen LogP contribution in [0.5, 0.6) is 5.75 Å².